The van der Waals surface area contributed by atoms with Crippen molar-refractivity contribution in [3.05, 3.63) is 70.2 Å². The van der Waals surface area contributed by atoms with Crippen molar-refractivity contribution >= 4 is 22.6 Å². The molecule has 20 heavy (non-hydrogen) atoms. The van der Waals surface area contributed by atoms with Crippen LogP contribution < -0.4 is 5.73 Å². The van der Waals surface area contributed by atoms with Crippen LogP contribution in [0.2, 0.25) is 5.02 Å². The maximum Gasteiger partial charge on any atom is 0.134 e. The number of aryl methyl sites for hydroxylation is 1. The molecule has 1 aromatic heterocycles. The van der Waals surface area contributed by atoms with E-state index in [1.807, 2.05) is 31.2 Å². The van der Waals surface area contributed by atoms with Gasteiger partial charge >= 0.3 is 0 Å². The van der Waals surface area contributed by atoms with Crippen molar-refractivity contribution in [1.82, 2.24) is 0 Å². The van der Waals surface area contributed by atoms with Gasteiger partial charge in [-0.2, -0.15) is 0 Å². The van der Waals surface area contributed by atoms with Gasteiger partial charge in [0, 0.05) is 16.0 Å². The van der Waals surface area contributed by atoms with E-state index >= 15 is 0 Å². The monoisotopic (exact) mass is 289 g/mol. The second kappa shape index (κ2) is 4.93. The van der Waals surface area contributed by atoms with E-state index in [0.29, 0.717) is 10.8 Å². The van der Waals surface area contributed by atoms with Crippen LogP contribution in [0.5, 0.6) is 0 Å². The molecule has 2 N–H and O–H groups in total. The number of halogens is 2. The summed E-state index contributed by atoms with van der Waals surface area (Å²) in [5.41, 5.74) is 8.21. The quantitative estimate of drug-likeness (QED) is 0.750. The van der Waals surface area contributed by atoms with Crippen LogP contribution in [-0.2, 0) is 0 Å². The van der Waals surface area contributed by atoms with E-state index in [1.165, 1.54) is 6.07 Å². The topological polar surface area (TPSA) is 39.2 Å². The SMILES string of the molecule is Cc1ccc2oc(C(N)c3c(F)cccc3Cl)cc2c1. The third kappa shape index (κ3) is 2.19. The van der Waals surface area contributed by atoms with Gasteiger partial charge in [0.15, 0.2) is 0 Å². The van der Waals surface area contributed by atoms with Gasteiger partial charge in [0.2, 0.25) is 0 Å². The number of hydrogen-bond donors (Lipinski definition) is 1. The molecule has 0 spiro atoms. The fourth-order valence-corrected chi connectivity index (χ4v) is 2.57. The number of nitrogens with two attached hydrogens (primary N) is 1. The molecule has 2 nitrogen and oxygen atoms in total. The number of hydrogen-bond acceptors (Lipinski definition) is 2. The average Bonchev–Trinajstić information content (AvgIpc) is 2.81. The van der Waals surface area contributed by atoms with Gasteiger partial charge in [0.1, 0.15) is 17.2 Å². The van der Waals surface area contributed by atoms with Gasteiger partial charge in [-0.05, 0) is 37.3 Å². The molecule has 3 rings (SSSR count). The summed E-state index contributed by atoms with van der Waals surface area (Å²) in [6.45, 7) is 2.00. The van der Waals surface area contributed by atoms with Crippen LogP contribution in [0.25, 0.3) is 11.0 Å². The zero-order valence-corrected chi connectivity index (χ0v) is 11.6. The number of rotatable bonds is 2. The minimum atomic E-state index is -0.726. The van der Waals surface area contributed by atoms with E-state index in [2.05, 4.69) is 0 Å². The first-order valence-electron chi connectivity index (χ1n) is 6.26. The van der Waals surface area contributed by atoms with Gasteiger partial charge in [0.05, 0.1) is 6.04 Å². The highest BCUT2D eigenvalue weighted by molar-refractivity contribution is 6.31. The van der Waals surface area contributed by atoms with E-state index in [1.54, 1.807) is 12.1 Å². The van der Waals surface area contributed by atoms with E-state index in [4.69, 9.17) is 21.8 Å². The Bertz CT molecular complexity index is 761. The second-order valence-electron chi connectivity index (χ2n) is 4.80. The molecule has 0 saturated heterocycles. The van der Waals surface area contributed by atoms with Crippen LogP contribution in [0.4, 0.5) is 4.39 Å². The lowest BCUT2D eigenvalue weighted by molar-refractivity contribution is 0.510. The largest absolute Gasteiger partial charge is 0.459 e. The highest BCUT2D eigenvalue weighted by Gasteiger charge is 2.20. The third-order valence-electron chi connectivity index (χ3n) is 3.31. The molecule has 2 aromatic carbocycles. The zero-order chi connectivity index (χ0) is 14.3. The van der Waals surface area contributed by atoms with Crippen LogP contribution in [0.1, 0.15) is 22.9 Å². The third-order valence-corrected chi connectivity index (χ3v) is 3.64. The van der Waals surface area contributed by atoms with Gasteiger partial charge in [-0.3, -0.25) is 0 Å². The molecule has 0 aliphatic carbocycles. The Morgan fingerprint density at radius 3 is 2.75 bits per heavy atom. The highest BCUT2D eigenvalue weighted by atomic mass is 35.5. The molecular formula is C16H13ClFNO. The molecule has 0 saturated carbocycles. The molecule has 0 fully saturated rings. The molecule has 102 valence electrons. The Morgan fingerprint density at radius 2 is 2.00 bits per heavy atom. The summed E-state index contributed by atoms with van der Waals surface area (Å²) in [6.07, 6.45) is 0. The highest BCUT2D eigenvalue weighted by Crippen LogP contribution is 2.32. The van der Waals surface area contributed by atoms with Crippen molar-refractivity contribution < 1.29 is 8.81 Å². The summed E-state index contributed by atoms with van der Waals surface area (Å²) in [6, 6.07) is 11.4. The molecule has 0 aliphatic rings. The fraction of sp³-hybridized carbons (Fsp3) is 0.125. The lowest BCUT2D eigenvalue weighted by atomic mass is 10.0. The van der Waals surface area contributed by atoms with E-state index < -0.39 is 11.9 Å². The number of fused-ring (bicyclic) bond motifs is 1. The summed E-state index contributed by atoms with van der Waals surface area (Å²) >= 11 is 6.04. The molecule has 1 heterocycles. The Morgan fingerprint density at radius 1 is 1.20 bits per heavy atom. The molecule has 0 bridgehead atoms. The molecule has 4 heteroatoms. The molecule has 3 aromatic rings. The standard InChI is InChI=1S/C16H13ClFNO/c1-9-5-6-13-10(7-9)8-14(20-13)16(19)15-11(17)3-2-4-12(15)18/h2-8,16H,19H2,1H3. The maximum atomic E-state index is 13.9. The summed E-state index contributed by atoms with van der Waals surface area (Å²) < 4.78 is 19.6. The van der Waals surface area contributed by atoms with Crippen LogP contribution in [-0.4, -0.2) is 0 Å². The van der Waals surface area contributed by atoms with Crippen LogP contribution in [0.15, 0.2) is 46.9 Å². The lowest BCUT2D eigenvalue weighted by Gasteiger charge is -2.11. The number of furan rings is 1. The van der Waals surface area contributed by atoms with Crippen molar-refractivity contribution in [2.24, 2.45) is 5.73 Å². The zero-order valence-electron chi connectivity index (χ0n) is 10.9. The fourth-order valence-electron chi connectivity index (χ4n) is 2.29. The van der Waals surface area contributed by atoms with Crippen LogP contribution in [0.3, 0.4) is 0 Å². The summed E-state index contributed by atoms with van der Waals surface area (Å²) in [5, 5.41) is 1.25. The summed E-state index contributed by atoms with van der Waals surface area (Å²) in [5.74, 6) is 0.0687. The minimum absolute atomic E-state index is 0.255. The lowest BCUT2D eigenvalue weighted by Crippen LogP contribution is -2.13. The van der Waals surface area contributed by atoms with Crippen molar-refractivity contribution in [2.75, 3.05) is 0 Å². The molecule has 1 atom stereocenters. The van der Waals surface area contributed by atoms with Gasteiger partial charge in [-0.25, -0.2) is 4.39 Å². The van der Waals surface area contributed by atoms with E-state index in [9.17, 15) is 4.39 Å². The van der Waals surface area contributed by atoms with Gasteiger partial charge < -0.3 is 10.2 Å². The predicted molar refractivity (Wildman–Crippen MR) is 78.4 cm³/mol. The summed E-state index contributed by atoms with van der Waals surface area (Å²) in [7, 11) is 0. The predicted octanol–water partition coefficient (Wildman–Crippen LogP) is 4.58. The smallest absolute Gasteiger partial charge is 0.134 e. The number of benzene rings is 2. The van der Waals surface area contributed by atoms with Gasteiger partial charge in [-0.15, -0.1) is 0 Å². The second-order valence-corrected chi connectivity index (χ2v) is 5.21. The van der Waals surface area contributed by atoms with Crippen molar-refractivity contribution in [1.29, 1.82) is 0 Å². The van der Waals surface area contributed by atoms with Crippen molar-refractivity contribution in [3.8, 4) is 0 Å². The van der Waals surface area contributed by atoms with E-state index in [0.717, 1.165) is 16.5 Å². The van der Waals surface area contributed by atoms with E-state index in [-0.39, 0.29) is 5.56 Å². The van der Waals surface area contributed by atoms with Gasteiger partial charge in [0.25, 0.3) is 0 Å². The first kappa shape index (κ1) is 13.2. The molecule has 0 amide bonds. The average molecular weight is 290 g/mol. The first-order chi connectivity index (χ1) is 9.56. The summed E-state index contributed by atoms with van der Waals surface area (Å²) in [4.78, 5) is 0. The van der Waals surface area contributed by atoms with Crippen LogP contribution >= 0.6 is 11.6 Å². The van der Waals surface area contributed by atoms with Crippen molar-refractivity contribution in [3.63, 3.8) is 0 Å². The molecule has 0 radical (unpaired) electrons. The first-order valence-corrected chi connectivity index (χ1v) is 6.63. The minimum Gasteiger partial charge on any atom is -0.459 e. The molecule has 0 aliphatic heterocycles. The molecular weight excluding hydrogens is 277 g/mol. The Kier molecular flexibility index (Phi) is 3.24. The Labute approximate surface area is 121 Å². The Hall–Kier alpha value is -1.84. The normalized spacial score (nSPS) is 12.8. The van der Waals surface area contributed by atoms with Crippen LogP contribution in [0, 0.1) is 12.7 Å². The van der Waals surface area contributed by atoms with Gasteiger partial charge in [-0.1, -0.05) is 29.3 Å². The van der Waals surface area contributed by atoms with Crippen molar-refractivity contribution in [2.45, 2.75) is 13.0 Å². The Balaban J connectivity index is 2.10. The molecule has 1 unspecified atom stereocenters. The maximum absolute atomic E-state index is 13.9.